The van der Waals surface area contributed by atoms with E-state index < -0.39 is 5.60 Å². The van der Waals surface area contributed by atoms with Crippen molar-refractivity contribution in [3.05, 3.63) is 0 Å². The number of cyclic esters (lactones) is 1. The third kappa shape index (κ3) is 0.817. The van der Waals surface area contributed by atoms with Crippen molar-refractivity contribution in [2.45, 2.75) is 43.4 Å². The summed E-state index contributed by atoms with van der Waals surface area (Å²) in [5.74, 6) is 0. The van der Waals surface area contributed by atoms with Gasteiger partial charge in [-0.25, -0.2) is 4.79 Å². The molecule has 3 heterocycles. The van der Waals surface area contributed by atoms with Crippen molar-refractivity contribution in [3.8, 4) is 0 Å². The average Bonchev–Trinajstić information content (AvgIpc) is 2.52. The molecule has 2 bridgehead atoms. The Balaban J connectivity index is 2.00. The van der Waals surface area contributed by atoms with E-state index >= 15 is 0 Å². The molecule has 1 N–H and O–H groups in total. The van der Waals surface area contributed by atoms with Crippen molar-refractivity contribution >= 4 is 6.09 Å². The SMILES string of the molecule is O=C1OC[C@@H]2N1C1CCC2(O)CC1. The van der Waals surface area contributed by atoms with Crippen LogP contribution in [0.25, 0.3) is 0 Å². The zero-order valence-corrected chi connectivity index (χ0v) is 7.40. The van der Waals surface area contributed by atoms with E-state index in [1.807, 2.05) is 0 Å². The van der Waals surface area contributed by atoms with Crippen LogP contribution in [0.1, 0.15) is 25.7 Å². The van der Waals surface area contributed by atoms with Gasteiger partial charge >= 0.3 is 6.09 Å². The first-order valence-corrected chi connectivity index (χ1v) is 4.88. The van der Waals surface area contributed by atoms with Gasteiger partial charge in [-0.15, -0.1) is 0 Å². The standard InChI is InChI=1S/C9H13NO3/c11-8-10-6-1-3-9(12,4-2-6)7(10)5-13-8/h6-7,12H,1-5H2/t6?,7-,9?/m0/s1. The highest BCUT2D eigenvalue weighted by Gasteiger charge is 2.56. The second kappa shape index (κ2) is 2.18. The van der Waals surface area contributed by atoms with Gasteiger partial charge in [0.2, 0.25) is 0 Å². The van der Waals surface area contributed by atoms with Crippen LogP contribution in [-0.4, -0.2) is 40.4 Å². The highest BCUT2D eigenvalue weighted by molar-refractivity contribution is 5.71. The Labute approximate surface area is 76.5 Å². The first-order valence-electron chi connectivity index (χ1n) is 4.88. The number of aliphatic hydroxyl groups is 1. The Bertz CT molecular complexity index is 258. The van der Waals surface area contributed by atoms with Gasteiger partial charge in [-0.3, -0.25) is 4.90 Å². The molecular formula is C9H13NO3. The highest BCUT2D eigenvalue weighted by Crippen LogP contribution is 2.44. The normalized spacial score (nSPS) is 47.8. The number of amides is 1. The number of hydrogen-bond donors (Lipinski definition) is 1. The molecule has 3 aliphatic heterocycles. The van der Waals surface area contributed by atoms with Gasteiger partial charge in [0.25, 0.3) is 0 Å². The number of fused-ring (bicyclic) bond motifs is 2. The predicted octanol–water partition coefficient (Wildman–Crippen LogP) is 0.494. The third-order valence-electron chi connectivity index (χ3n) is 3.75. The van der Waals surface area contributed by atoms with E-state index in [2.05, 4.69) is 0 Å². The molecule has 4 fully saturated rings. The lowest BCUT2D eigenvalue weighted by Crippen LogP contribution is -2.63. The van der Waals surface area contributed by atoms with Gasteiger partial charge in [-0.2, -0.15) is 0 Å². The van der Waals surface area contributed by atoms with E-state index in [1.54, 1.807) is 4.90 Å². The zero-order valence-electron chi connectivity index (χ0n) is 7.40. The monoisotopic (exact) mass is 183 g/mol. The topological polar surface area (TPSA) is 49.8 Å². The van der Waals surface area contributed by atoms with E-state index in [1.165, 1.54) is 0 Å². The zero-order chi connectivity index (χ0) is 9.05. The van der Waals surface area contributed by atoms with Gasteiger partial charge in [0.05, 0.1) is 11.6 Å². The highest BCUT2D eigenvalue weighted by atomic mass is 16.6. The summed E-state index contributed by atoms with van der Waals surface area (Å²) in [6.07, 6.45) is 3.29. The average molecular weight is 183 g/mol. The molecule has 1 saturated carbocycles. The van der Waals surface area contributed by atoms with Crippen LogP contribution in [0.15, 0.2) is 0 Å². The number of rotatable bonds is 0. The number of hydrogen-bond acceptors (Lipinski definition) is 3. The summed E-state index contributed by atoms with van der Waals surface area (Å²) in [6, 6.07) is 0.265. The van der Waals surface area contributed by atoms with Crippen LogP contribution in [0, 0.1) is 0 Å². The van der Waals surface area contributed by atoms with Crippen LogP contribution in [0.5, 0.6) is 0 Å². The van der Waals surface area contributed by atoms with Crippen LogP contribution < -0.4 is 0 Å². The van der Waals surface area contributed by atoms with Crippen LogP contribution >= 0.6 is 0 Å². The van der Waals surface area contributed by atoms with Gasteiger partial charge < -0.3 is 9.84 Å². The van der Waals surface area contributed by atoms with E-state index in [9.17, 15) is 9.90 Å². The Kier molecular flexibility index (Phi) is 1.28. The maximum Gasteiger partial charge on any atom is 0.410 e. The summed E-state index contributed by atoms with van der Waals surface area (Å²) in [4.78, 5) is 13.1. The fourth-order valence-electron chi connectivity index (χ4n) is 2.96. The molecule has 4 nitrogen and oxygen atoms in total. The third-order valence-corrected chi connectivity index (χ3v) is 3.75. The summed E-state index contributed by atoms with van der Waals surface area (Å²) in [5.41, 5.74) is -0.652. The van der Waals surface area contributed by atoms with E-state index in [0.717, 1.165) is 25.7 Å². The van der Waals surface area contributed by atoms with Crippen LogP contribution in [0.4, 0.5) is 4.79 Å². The first-order chi connectivity index (χ1) is 6.21. The molecule has 13 heavy (non-hydrogen) atoms. The van der Waals surface area contributed by atoms with Gasteiger partial charge in [0, 0.05) is 6.04 Å². The van der Waals surface area contributed by atoms with Gasteiger partial charge in [0.15, 0.2) is 0 Å². The number of carbonyl (C=O) groups is 1. The van der Waals surface area contributed by atoms with Gasteiger partial charge in [-0.05, 0) is 25.7 Å². The molecule has 4 aliphatic rings. The van der Waals surface area contributed by atoms with Crippen LogP contribution in [-0.2, 0) is 4.74 Å². The smallest absolute Gasteiger partial charge is 0.410 e. The number of piperidine rings is 2. The minimum absolute atomic E-state index is 0.0625. The molecule has 0 aromatic heterocycles. The fourth-order valence-corrected chi connectivity index (χ4v) is 2.96. The Morgan fingerprint density at radius 3 is 2.77 bits per heavy atom. The number of ether oxygens (including phenoxy) is 1. The lowest BCUT2D eigenvalue weighted by atomic mass is 9.72. The van der Waals surface area contributed by atoms with Crippen molar-refractivity contribution in [2.75, 3.05) is 6.61 Å². The van der Waals surface area contributed by atoms with Crippen LogP contribution in [0.2, 0.25) is 0 Å². The van der Waals surface area contributed by atoms with E-state index in [4.69, 9.17) is 4.74 Å². The summed E-state index contributed by atoms with van der Waals surface area (Å²) in [5, 5.41) is 10.2. The summed E-state index contributed by atoms with van der Waals surface area (Å²) in [7, 11) is 0. The maximum atomic E-state index is 11.3. The molecular weight excluding hydrogens is 170 g/mol. The second-order valence-electron chi connectivity index (χ2n) is 4.33. The molecule has 0 unspecified atom stereocenters. The van der Waals surface area contributed by atoms with Crippen molar-refractivity contribution in [2.24, 2.45) is 0 Å². The number of nitrogens with zero attached hydrogens (tertiary/aromatic N) is 1. The minimum atomic E-state index is -0.652. The van der Waals surface area contributed by atoms with Crippen molar-refractivity contribution < 1.29 is 14.6 Å². The fraction of sp³-hybridized carbons (Fsp3) is 0.889. The molecule has 0 aromatic rings. The van der Waals surface area contributed by atoms with Gasteiger partial charge in [-0.1, -0.05) is 0 Å². The molecule has 1 aliphatic carbocycles. The first kappa shape index (κ1) is 7.62. The lowest BCUT2D eigenvalue weighted by molar-refractivity contribution is -0.113. The lowest BCUT2D eigenvalue weighted by Gasteiger charge is -2.51. The largest absolute Gasteiger partial charge is 0.447 e. The molecule has 1 amide bonds. The molecule has 0 radical (unpaired) electrons. The molecule has 1 atom stereocenters. The Hall–Kier alpha value is -0.770. The second-order valence-corrected chi connectivity index (χ2v) is 4.33. The maximum absolute atomic E-state index is 11.3. The summed E-state index contributed by atoms with van der Waals surface area (Å²) in [6.45, 7) is 0.381. The van der Waals surface area contributed by atoms with Crippen LogP contribution in [0.3, 0.4) is 0 Å². The summed E-state index contributed by atoms with van der Waals surface area (Å²) < 4.78 is 4.97. The predicted molar refractivity (Wildman–Crippen MR) is 44.2 cm³/mol. The Morgan fingerprint density at radius 1 is 1.46 bits per heavy atom. The van der Waals surface area contributed by atoms with Crippen molar-refractivity contribution in [1.82, 2.24) is 4.90 Å². The van der Waals surface area contributed by atoms with Crippen molar-refractivity contribution in [3.63, 3.8) is 0 Å². The molecule has 4 rings (SSSR count). The van der Waals surface area contributed by atoms with Crippen molar-refractivity contribution in [1.29, 1.82) is 0 Å². The van der Waals surface area contributed by atoms with Gasteiger partial charge in [0.1, 0.15) is 6.61 Å². The summed E-state index contributed by atoms with van der Waals surface area (Å²) >= 11 is 0. The molecule has 3 saturated heterocycles. The minimum Gasteiger partial charge on any atom is -0.447 e. The molecule has 72 valence electrons. The van der Waals surface area contributed by atoms with E-state index in [0.29, 0.717) is 12.6 Å². The molecule has 0 aromatic carbocycles. The Morgan fingerprint density at radius 2 is 2.15 bits per heavy atom. The molecule has 0 spiro atoms. The molecule has 4 heteroatoms. The number of carbonyl (C=O) groups excluding carboxylic acids is 1. The van der Waals surface area contributed by atoms with E-state index in [-0.39, 0.29) is 12.1 Å². The quantitative estimate of drug-likeness (QED) is 0.594.